The summed E-state index contributed by atoms with van der Waals surface area (Å²) in [5, 5.41) is 10.6. The van der Waals surface area contributed by atoms with Crippen LogP contribution in [-0.2, 0) is 11.3 Å². The average Bonchev–Trinajstić information content (AvgIpc) is 2.95. The lowest BCUT2D eigenvalue weighted by Crippen LogP contribution is -2.58. The van der Waals surface area contributed by atoms with Crippen molar-refractivity contribution < 1.29 is 14.6 Å². The van der Waals surface area contributed by atoms with Gasteiger partial charge in [0.15, 0.2) is 0 Å². The van der Waals surface area contributed by atoms with Crippen molar-refractivity contribution in [1.82, 2.24) is 14.5 Å². The molecule has 0 aliphatic carbocycles. The summed E-state index contributed by atoms with van der Waals surface area (Å²) in [6.07, 6.45) is 3.51. The Kier molecular flexibility index (Phi) is 4.57. The van der Waals surface area contributed by atoms with Gasteiger partial charge in [-0.1, -0.05) is 18.2 Å². The Balaban J connectivity index is 1.68. The van der Waals surface area contributed by atoms with E-state index in [1.807, 2.05) is 41.8 Å². The van der Waals surface area contributed by atoms with Crippen LogP contribution in [-0.4, -0.2) is 50.3 Å². The number of hydrogen-bond donors (Lipinski definition) is 1. The lowest BCUT2D eigenvalue weighted by Gasteiger charge is -2.42. The highest BCUT2D eigenvalue weighted by Crippen LogP contribution is 2.26. The fraction of sp³-hybridized carbons (Fsp3) is 0.444. The second-order valence-corrected chi connectivity index (χ2v) is 6.47. The number of imidazole rings is 1. The molecule has 6 nitrogen and oxygen atoms in total. The highest BCUT2D eigenvalue weighted by molar-refractivity contribution is 5.76. The van der Waals surface area contributed by atoms with Gasteiger partial charge in [0.25, 0.3) is 0 Å². The maximum atomic E-state index is 12.6. The summed E-state index contributed by atoms with van der Waals surface area (Å²) in [5.41, 5.74) is -0.961. The van der Waals surface area contributed by atoms with Crippen molar-refractivity contribution in [3.63, 3.8) is 0 Å². The molecule has 1 aromatic carbocycles. The lowest BCUT2D eigenvalue weighted by molar-refractivity contribution is -0.144. The molecule has 1 fully saturated rings. The normalized spacial score (nSPS) is 24.0. The van der Waals surface area contributed by atoms with Crippen LogP contribution in [0.3, 0.4) is 0 Å². The number of carbonyl (C=O) groups excluding carboxylic acids is 1. The molecule has 2 atom stereocenters. The molecule has 2 heterocycles. The number of rotatable bonds is 4. The first-order valence-corrected chi connectivity index (χ1v) is 8.15. The molecule has 6 heteroatoms. The highest BCUT2D eigenvalue weighted by atomic mass is 16.5. The second-order valence-electron chi connectivity index (χ2n) is 6.47. The summed E-state index contributed by atoms with van der Waals surface area (Å²) in [4.78, 5) is 18.5. The largest absolute Gasteiger partial charge is 0.486 e. The number of carbonyl (C=O) groups is 1. The van der Waals surface area contributed by atoms with E-state index in [0.29, 0.717) is 25.3 Å². The summed E-state index contributed by atoms with van der Waals surface area (Å²) in [7, 11) is 0. The van der Waals surface area contributed by atoms with Crippen molar-refractivity contribution in [3.8, 4) is 5.75 Å². The van der Waals surface area contributed by atoms with Crippen LogP contribution < -0.4 is 4.74 Å². The van der Waals surface area contributed by atoms with E-state index in [2.05, 4.69) is 4.98 Å². The first-order valence-electron chi connectivity index (χ1n) is 8.15. The van der Waals surface area contributed by atoms with Crippen LogP contribution in [0, 0.1) is 6.92 Å². The quantitative estimate of drug-likeness (QED) is 0.926. The van der Waals surface area contributed by atoms with E-state index in [4.69, 9.17) is 4.74 Å². The third-order valence-corrected chi connectivity index (χ3v) is 4.57. The van der Waals surface area contributed by atoms with Crippen LogP contribution in [0.1, 0.15) is 19.2 Å². The van der Waals surface area contributed by atoms with Gasteiger partial charge >= 0.3 is 0 Å². The van der Waals surface area contributed by atoms with Crippen LogP contribution in [0.5, 0.6) is 5.75 Å². The number of amides is 1. The molecular formula is C18H23N3O3. The van der Waals surface area contributed by atoms with Gasteiger partial charge in [0.1, 0.15) is 29.8 Å². The zero-order valence-electron chi connectivity index (χ0n) is 14.1. The smallest absolute Gasteiger partial charge is 0.242 e. The van der Waals surface area contributed by atoms with E-state index in [0.717, 1.165) is 5.82 Å². The number of piperidine rings is 1. The molecule has 0 unspecified atom stereocenters. The van der Waals surface area contributed by atoms with Gasteiger partial charge in [-0.2, -0.15) is 0 Å². The summed E-state index contributed by atoms with van der Waals surface area (Å²) >= 11 is 0. The minimum Gasteiger partial charge on any atom is -0.486 e. The number of aryl methyl sites for hydroxylation is 1. The number of benzene rings is 1. The van der Waals surface area contributed by atoms with Gasteiger partial charge in [0.2, 0.25) is 5.91 Å². The minimum atomic E-state index is -0.961. The van der Waals surface area contributed by atoms with E-state index >= 15 is 0 Å². The summed E-state index contributed by atoms with van der Waals surface area (Å²) in [6.45, 7) is 4.78. The van der Waals surface area contributed by atoms with E-state index in [1.165, 1.54) is 0 Å². The molecule has 1 aromatic heterocycles. The van der Waals surface area contributed by atoms with Crippen molar-refractivity contribution in [1.29, 1.82) is 0 Å². The molecule has 0 radical (unpaired) electrons. The Morgan fingerprint density at radius 2 is 2.17 bits per heavy atom. The van der Waals surface area contributed by atoms with Crippen LogP contribution in [0.15, 0.2) is 42.7 Å². The van der Waals surface area contributed by atoms with Gasteiger partial charge < -0.3 is 19.3 Å². The van der Waals surface area contributed by atoms with Gasteiger partial charge in [-0.3, -0.25) is 4.79 Å². The molecule has 1 aliphatic rings. The second kappa shape index (κ2) is 6.65. The van der Waals surface area contributed by atoms with Gasteiger partial charge in [-0.25, -0.2) is 4.98 Å². The zero-order chi connectivity index (χ0) is 17.2. The fourth-order valence-corrected chi connectivity index (χ4v) is 2.88. The first-order chi connectivity index (χ1) is 11.5. The van der Waals surface area contributed by atoms with Crippen molar-refractivity contribution in [3.05, 3.63) is 48.5 Å². The van der Waals surface area contributed by atoms with E-state index < -0.39 is 11.7 Å². The molecule has 0 saturated carbocycles. The van der Waals surface area contributed by atoms with Gasteiger partial charge in [-0.15, -0.1) is 0 Å². The number of para-hydroxylation sites is 1. The van der Waals surface area contributed by atoms with Crippen molar-refractivity contribution in [2.75, 3.05) is 13.1 Å². The fourth-order valence-electron chi connectivity index (χ4n) is 2.88. The Labute approximate surface area is 141 Å². The van der Waals surface area contributed by atoms with Crippen molar-refractivity contribution in [2.24, 2.45) is 0 Å². The Morgan fingerprint density at radius 1 is 1.42 bits per heavy atom. The molecule has 2 aromatic rings. The molecule has 1 aliphatic heterocycles. The molecule has 1 saturated heterocycles. The predicted molar refractivity (Wildman–Crippen MR) is 89.6 cm³/mol. The van der Waals surface area contributed by atoms with E-state index in [-0.39, 0.29) is 12.5 Å². The standard InChI is InChI=1S/C18H23N3O3/c1-14-19-9-11-20(14)13-17(22)21-10-8-18(2,23)16(12-21)24-15-6-4-3-5-7-15/h3-7,9,11,16,23H,8,10,12-13H2,1-2H3/t16-,18-/m1/s1. The van der Waals surface area contributed by atoms with Gasteiger partial charge in [0.05, 0.1) is 6.54 Å². The maximum absolute atomic E-state index is 12.6. The Hall–Kier alpha value is -2.34. The number of hydrogen-bond acceptors (Lipinski definition) is 4. The molecular weight excluding hydrogens is 306 g/mol. The lowest BCUT2D eigenvalue weighted by atomic mass is 9.90. The number of ether oxygens (including phenoxy) is 1. The topological polar surface area (TPSA) is 67.6 Å². The number of aromatic nitrogens is 2. The molecule has 0 spiro atoms. The van der Waals surface area contributed by atoms with Crippen molar-refractivity contribution in [2.45, 2.75) is 38.5 Å². The number of likely N-dealkylation sites (tertiary alicyclic amines) is 1. The third-order valence-electron chi connectivity index (χ3n) is 4.57. The SMILES string of the molecule is Cc1nccn1CC(=O)N1CC[C@@](C)(O)[C@H](Oc2ccccc2)C1. The maximum Gasteiger partial charge on any atom is 0.242 e. The van der Waals surface area contributed by atoms with Crippen LogP contribution in [0.2, 0.25) is 0 Å². The monoisotopic (exact) mass is 329 g/mol. The predicted octanol–water partition coefficient (Wildman–Crippen LogP) is 1.62. The molecule has 24 heavy (non-hydrogen) atoms. The van der Waals surface area contributed by atoms with Crippen LogP contribution in [0.25, 0.3) is 0 Å². The Morgan fingerprint density at radius 3 is 2.83 bits per heavy atom. The van der Waals surface area contributed by atoms with Gasteiger partial charge in [-0.05, 0) is 32.4 Å². The molecule has 3 rings (SSSR count). The zero-order valence-corrected chi connectivity index (χ0v) is 14.1. The molecule has 1 N–H and O–H groups in total. The summed E-state index contributed by atoms with van der Waals surface area (Å²) < 4.78 is 7.77. The Bertz CT molecular complexity index is 697. The third kappa shape index (κ3) is 3.59. The van der Waals surface area contributed by atoms with Crippen LogP contribution in [0.4, 0.5) is 0 Å². The van der Waals surface area contributed by atoms with E-state index in [1.54, 1.807) is 24.2 Å². The molecule has 0 bridgehead atoms. The summed E-state index contributed by atoms with van der Waals surface area (Å²) in [5.74, 6) is 1.51. The summed E-state index contributed by atoms with van der Waals surface area (Å²) in [6, 6.07) is 9.39. The van der Waals surface area contributed by atoms with Crippen molar-refractivity contribution >= 4 is 5.91 Å². The first kappa shape index (κ1) is 16.5. The number of nitrogens with zero attached hydrogens (tertiary/aromatic N) is 3. The highest BCUT2D eigenvalue weighted by Gasteiger charge is 2.40. The minimum absolute atomic E-state index is 0.00765. The van der Waals surface area contributed by atoms with Crippen LogP contribution >= 0.6 is 0 Å². The molecule has 1 amide bonds. The average molecular weight is 329 g/mol. The van der Waals surface area contributed by atoms with E-state index in [9.17, 15) is 9.90 Å². The van der Waals surface area contributed by atoms with Gasteiger partial charge in [0, 0.05) is 18.9 Å². The number of aliphatic hydroxyl groups is 1. The molecule has 128 valence electrons.